The van der Waals surface area contributed by atoms with E-state index in [1.165, 1.54) is 0 Å². The van der Waals surface area contributed by atoms with Crippen LogP contribution in [0.1, 0.15) is 12.7 Å². The molecule has 1 aliphatic heterocycles. The topological polar surface area (TPSA) is 90.3 Å². The van der Waals surface area contributed by atoms with Crippen LogP contribution in [0, 0.1) is 0 Å². The summed E-state index contributed by atoms with van der Waals surface area (Å²) in [5.41, 5.74) is 0.753. The Balaban J connectivity index is 0.000000269. The zero-order valence-electron chi connectivity index (χ0n) is 16.5. The largest absolute Gasteiger partial charge is 0.492 e. The van der Waals surface area contributed by atoms with Gasteiger partial charge in [0.15, 0.2) is 0 Å². The number of aryl methyl sites for hydroxylation is 1. The van der Waals surface area contributed by atoms with Gasteiger partial charge in [0.05, 0.1) is 22.4 Å². The zero-order valence-corrected chi connectivity index (χ0v) is 17.3. The van der Waals surface area contributed by atoms with E-state index in [9.17, 15) is 14.4 Å². The lowest BCUT2D eigenvalue weighted by Crippen LogP contribution is -2.27. The number of carbonyl (C=O) groups is 2. The van der Waals surface area contributed by atoms with Crippen molar-refractivity contribution in [3.8, 4) is 5.75 Å². The number of rotatable bonds is 5. The van der Waals surface area contributed by atoms with Crippen LogP contribution in [-0.4, -0.2) is 27.3 Å². The lowest BCUT2D eigenvalue weighted by molar-refractivity contribution is -0.115. The van der Waals surface area contributed by atoms with Gasteiger partial charge in [-0.15, -0.1) is 0 Å². The minimum absolute atomic E-state index is 0.000823. The molecule has 0 aliphatic carbocycles. The predicted octanol–water partition coefficient (Wildman–Crippen LogP) is 3.52. The highest BCUT2D eigenvalue weighted by molar-refractivity contribution is 8.18. The van der Waals surface area contributed by atoms with Gasteiger partial charge in [-0.25, -0.2) is 4.98 Å². The normalized spacial score (nSPS) is 13.0. The highest BCUT2D eigenvalue weighted by Gasteiger charge is 2.22. The molecule has 8 heteroatoms. The van der Waals surface area contributed by atoms with Crippen molar-refractivity contribution in [1.29, 1.82) is 0 Å². The third-order valence-corrected chi connectivity index (χ3v) is 4.99. The number of carbonyl (C=O) groups excluding carboxylic acids is 2. The standard InChI is InChI=1S/C18H18N2O2.C4H3NO2S/c1-2-17-19-16-11-7-6-10-15(16)18(21)20(17)12-13-22-14-8-4-3-5-9-14;1-2-3(6)5-4(7)8-2/h3-11H,2,12-13H2,1H3;1H2,(H,5,6,7). The van der Waals surface area contributed by atoms with Crippen LogP contribution in [-0.2, 0) is 17.8 Å². The summed E-state index contributed by atoms with van der Waals surface area (Å²) in [5, 5.41) is 2.37. The lowest BCUT2D eigenvalue weighted by atomic mass is 10.2. The number of aromatic nitrogens is 2. The van der Waals surface area contributed by atoms with Gasteiger partial charge in [0, 0.05) is 6.42 Å². The van der Waals surface area contributed by atoms with Crippen molar-refractivity contribution >= 4 is 33.8 Å². The van der Waals surface area contributed by atoms with Gasteiger partial charge in [-0.3, -0.25) is 24.3 Å². The molecule has 0 spiro atoms. The number of nitrogens with one attached hydrogen (secondary N) is 1. The smallest absolute Gasteiger partial charge is 0.290 e. The third kappa shape index (κ3) is 5.15. The van der Waals surface area contributed by atoms with Crippen LogP contribution in [0.5, 0.6) is 5.75 Å². The monoisotopic (exact) mass is 423 g/mol. The predicted molar refractivity (Wildman–Crippen MR) is 118 cm³/mol. The minimum atomic E-state index is -0.375. The fourth-order valence-electron chi connectivity index (χ4n) is 2.83. The number of imide groups is 1. The van der Waals surface area contributed by atoms with Crippen molar-refractivity contribution in [3.63, 3.8) is 0 Å². The second-order valence-corrected chi connectivity index (χ2v) is 7.35. The van der Waals surface area contributed by atoms with Gasteiger partial charge in [-0.2, -0.15) is 0 Å². The summed E-state index contributed by atoms with van der Waals surface area (Å²) in [7, 11) is 0. The van der Waals surface area contributed by atoms with Crippen molar-refractivity contribution in [1.82, 2.24) is 14.9 Å². The number of hydrogen-bond donors (Lipinski definition) is 1. The first-order valence-corrected chi connectivity index (χ1v) is 10.2. The van der Waals surface area contributed by atoms with Crippen molar-refractivity contribution < 1.29 is 14.3 Å². The Morgan fingerprint density at radius 3 is 2.37 bits per heavy atom. The molecule has 4 rings (SSSR count). The first-order chi connectivity index (χ1) is 14.5. The van der Waals surface area contributed by atoms with Crippen molar-refractivity contribution in [2.24, 2.45) is 0 Å². The molecule has 0 bridgehead atoms. The second-order valence-electron chi connectivity index (χ2n) is 6.28. The molecule has 2 heterocycles. The van der Waals surface area contributed by atoms with Gasteiger partial charge in [0.1, 0.15) is 18.2 Å². The maximum atomic E-state index is 12.6. The van der Waals surface area contributed by atoms with Gasteiger partial charge in [0.25, 0.3) is 16.7 Å². The van der Waals surface area contributed by atoms with E-state index in [4.69, 9.17) is 4.74 Å². The maximum absolute atomic E-state index is 12.6. The van der Waals surface area contributed by atoms with Crippen LogP contribution in [0.4, 0.5) is 4.79 Å². The first kappa shape index (κ1) is 21.3. The summed E-state index contributed by atoms with van der Waals surface area (Å²) in [5.74, 6) is 1.22. The van der Waals surface area contributed by atoms with E-state index in [1.54, 1.807) is 4.57 Å². The summed E-state index contributed by atoms with van der Waals surface area (Å²) < 4.78 is 7.40. The average Bonchev–Trinajstić information content (AvgIpc) is 3.05. The number of hydrogen-bond acceptors (Lipinski definition) is 6. The quantitative estimate of drug-likeness (QED) is 0.632. The molecule has 1 N–H and O–H groups in total. The fraction of sp³-hybridized carbons (Fsp3) is 0.182. The Labute approximate surface area is 177 Å². The Hall–Kier alpha value is -3.39. The van der Waals surface area contributed by atoms with E-state index in [0.717, 1.165) is 28.9 Å². The van der Waals surface area contributed by atoms with E-state index in [1.807, 2.05) is 61.5 Å². The van der Waals surface area contributed by atoms with Crippen LogP contribution in [0.25, 0.3) is 10.9 Å². The number of benzene rings is 2. The van der Waals surface area contributed by atoms with Gasteiger partial charge < -0.3 is 4.74 Å². The molecule has 1 fully saturated rings. The Kier molecular flexibility index (Phi) is 7.03. The van der Waals surface area contributed by atoms with Crippen LogP contribution in [0.15, 0.2) is 70.9 Å². The number of fused-ring (bicyclic) bond motifs is 1. The summed E-state index contributed by atoms with van der Waals surface area (Å²) in [6, 6.07) is 17.1. The Morgan fingerprint density at radius 2 is 1.77 bits per heavy atom. The van der Waals surface area contributed by atoms with E-state index in [0.29, 0.717) is 25.0 Å². The molecule has 154 valence electrons. The van der Waals surface area contributed by atoms with Gasteiger partial charge in [-0.1, -0.05) is 43.8 Å². The summed E-state index contributed by atoms with van der Waals surface area (Å²) in [6.45, 7) is 6.26. The fourth-order valence-corrected chi connectivity index (χ4v) is 3.34. The molecular formula is C22H21N3O4S. The van der Waals surface area contributed by atoms with E-state index < -0.39 is 0 Å². The molecule has 0 saturated carbocycles. The average molecular weight is 423 g/mol. The van der Waals surface area contributed by atoms with Crippen molar-refractivity contribution in [3.05, 3.63) is 82.3 Å². The summed E-state index contributed by atoms with van der Waals surface area (Å²) in [6.07, 6.45) is 0.714. The van der Waals surface area contributed by atoms with Crippen LogP contribution >= 0.6 is 11.8 Å². The summed E-state index contributed by atoms with van der Waals surface area (Å²) in [4.78, 5) is 38.0. The molecule has 3 aromatic rings. The number of ether oxygens (including phenoxy) is 1. The lowest BCUT2D eigenvalue weighted by Gasteiger charge is -2.13. The first-order valence-electron chi connectivity index (χ1n) is 9.38. The third-order valence-electron chi connectivity index (χ3n) is 4.27. The molecule has 30 heavy (non-hydrogen) atoms. The molecule has 7 nitrogen and oxygen atoms in total. The molecule has 1 aromatic heterocycles. The van der Waals surface area contributed by atoms with E-state index in [2.05, 4.69) is 16.9 Å². The molecule has 0 unspecified atom stereocenters. The van der Waals surface area contributed by atoms with Crippen LogP contribution in [0.3, 0.4) is 0 Å². The van der Waals surface area contributed by atoms with Crippen LogP contribution in [0.2, 0.25) is 0 Å². The minimum Gasteiger partial charge on any atom is -0.492 e. The molecule has 0 radical (unpaired) electrons. The second kappa shape index (κ2) is 9.89. The highest BCUT2D eigenvalue weighted by atomic mass is 32.2. The molecule has 1 saturated heterocycles. The number of amides is 2. The number of nitrogens with zero attached hydrogens (tertiary/aromatic N) is 2. The molecule has 2 amide bonds. The van der Waals surface area contributed by atoms with Crippen molar-refractivity contribution in [2.45, 2.75) is 19.9 Å². The molecule has 0 atom stereocenters. The molecule has 2 aromatic carbocycles. The molecular weight excluding hydrogens is 402 g/mol. The van der Waals surface area contributed by atoms with Crippen LogP contribution < -0.4 is 15.6 Å². The number of thioether (sulfide) groups is 1. The SMILES string of the molecule is C=C1SC(=O)NC1=O.CCc1nc2ccccc2c(=O)n1CCOc1ccccc1. The van der Waals surface area contributed by atoms with Gasteiger partial charge >= 0.3 is 0 Å². The van der Waals surface area contributed by atoms with E-state index >= 15 is 0 Å². The summed E-state index contributed by atoms with van der Waals surface area (Å²) >= 11 is 0.834. The van der Waals surface area contributed by atoms with E-state index in [-0.39, 0.29) is 21.6 Å². The maximum Gasteiger partial charge on any atom is 0.290 e. The van der Waals surface area contributed by atoms with Gasteiger partial charge in [-0.05, 0) is 36.0 Å². The Morgan fingerprint density at radius 1 is 1.07 bits per heavy atom. The van der Waals surface area contributed by atoms with Gasteiger partial charge in [0.2, 0.25) is 0 Å². The zero-order chi connectivity index (χ0) is 21.5. The molecule has 1 aliphatic rings. The Bertz CT molecular complexity index is 1120. The van der Waals surface area contributed by atoms with Crippen molar-refractivity contribution in [2.75, 3.05) is 6.61 Å². The highest BCUT2D eigenvalue weighted by Crippen LogP contribution is 2.19. The number of para-hydroxylation sites is 2.